The Bertz CT molecular complexity index is 916. The first-order valence-electron chi connectivity index (χ1n) is 9.44. The van der Waals surface area contributed by atoms with E-state index in [1.54, 1.807) is 11.0 Å². The van der Waals surface area contributed by atoms with E-state index in [9.17, 15) is 4.79 Å². The lowest BCUT2D eigenvalue weighted by Gasteiger charge is -2.32. The molecular weight excluding hydrogens is 354 g/mol. The van der Waals surface area contributed by atoms with Gasteiger partial charge >= 0.3 is 0 Å². The lowest BCUT2D eigenvalue weighted by molar-refractivity contribution is -0.125. The van der Waals surface area contributed by atoms with Crippen molar-refractivity contribution in [2.45, 2.75) is 26.3 Å². The monoisotopic (exact) mass is 377 g/mol. The molecule has 1 amide bonds. The first-order chi connectivity index (χ1) is 13.7. The number of anilines is 1. The second kappa shape index (κ2) is 8.16. The molecule has 0 spiro atoms. The van der Waals surface area contributed by atoms with Crippen molar-refractivity contribution in [3.05, 3.63) is 60.4 Å². The number of rotatable bonds is 5. The number of carbonyl (C=O) groups excluding carboxylic acids is 1. The van der Waals surface area contributed by atoms with E-state index >= 15 is 0 Å². The second-order valence-electron chi connectivity index (χ2n) is 7.04. The molecule has 3 heterocycles. The third kappa shape index (κ3) is 4.16. The summed E-state index contributed by atoms with van der Waals surface area (Å²) < 4.78 is 1.61. The van der Waals surface area contributed by atoms with E-state index < -0.39 is 0 Å². The van der Waals surface area contributed by atoms with Crippen LogP contribution >= 0.6 is 0 Å². The summed E-state index contributed by atoms with van der Waals surface area (Å²) >= 11 is 0. The molecule has 28 heavy (non-hydrogen) atoms. The topological polar surface area (TPSA) is 88.8 Å². The molecule has 0 aliphatic carbocycles. The van der Waals surface area contributed by atoms with Crippen LogP contribution in [0.4, 0.5) is 5.82 Å². The quantitative estimate of drug-likeness (QED) is 0.731. The summed E-state index contributed by atoms with van der Waals surface area (Å²) in [7, 11) is 0. The van der Waals surface area contributed by atoms with E-state index in [0.717, 1.165) is 37.3 Å². The summed E-state index contributed by atoms with van der Waals surface area (Å²) in [6.07, 6.45) is 6.23. The van der Waals surface area contributed by atoms with Crippen LogP contribution in [0.5, 0.6) is 0 Å². The minimum atomic E-state index is 0.0401. The summed E-state index contributed by atoms with van der Waals surface area (Å²) in [6, 6.07) is 10.1. The van der Waals surface area contributed by atoms with Gasteiger partial charge in [-0.2, -0.15) is 5.10 Å². The SMILES string of the molecule is Cc1ccc(CNC(=O)C2CCN(c3cc(-n4cncn4)ncn3)CC2)cc1. The Hall–Kier alpha value is -3.29. The van der Waals surface area contributed by atoms with E-state index in [2.05, 4.69) is 61.5 Å². The Morgan fingerprint density at radius 2 is 1.86 bits per heavy atom. The lowest BCUT2D eigenvalue weighted by atomic mass is 9.96. The first kappa shape index (κ1) is 18.1. The molecule has 1 aromatic carbocycles. The van der Waals surface area contributed by atoms with Gasteiger partial charge in [-0.15, -0.1) is 0 Å². The molecule has 0 saturated carbocycles. The van der Waals surface area contributed by atoms with Crippen LogP contribution in [0.2, 0.25) is 0 Å². The number of aryl methyl sites for hydroxylation is 1. The minimum absolute atomic E-state index is 0.0401. The summed E-state index contributed by atoms with van der Waals surface area (Å²) in [6.45, 7) is 4.21. The molecular formula is C20H23N7O. The number of amides is 1. The summed E-state index contributed by atoms with van der Waals surface area (Å²) in [5.74, 6) is 1.70. The summed E-state index contributed by atoms with van der Waals surface area (Å²) in [5, 5.41) is 7.17. The van der Waals surface area contributed by atoms with Crippen molar-refractivity contribution in [2.24, 2.45) is 5.92 Å². The molecule has 144 valence electrons. The number of hydrogen-bond donors (Lipinski definition) is 1. The van der Waals surface area contributed by atoms with Crippen LogP contribution in [0.1, 0.15) is 24.0 Å². The van der Waals surface area contributed by atoms with Gasteiger partial charge in [0, 0.05) is 31.6 Å². The van der Waals surface area contributed by atoms with Crippen LogP contribution in [0.3, 0.4) is 0 Å². The van der Waals surface area contributed by atoms with Crippen LogP contribution in [-0.4, -0.2) is 43.7 Å². The molecule has 1 fully saturated rings. The van der Waals surface area contributed by atoms with Crippen LogP contribution in [-0.2, 0) is 11.3 Å². The molecule has 0 bridgehead atoms. The number of carbonyl (C=O) groups is 1. The van der Waals surface area contributed by atoms with Gasteiger partial charge in [0.2, 0.25) is 5.91 Å². The van der Waals surface area contributed by atoms with E-state index in [4.69, 9.17) is 0 Å². The molecule has 0 radical (unpaired) electrons. The normalized spacial score (nSPS) is 14.8. The molecule has 8 heteroatoms. The third-order valence-corrected chi connectivity index (χ3v) is 5.07. The Balaban J connectivity index is 1.31. The molecule has 0 unspecified atom stereocenters. The maximum absolute atomic E-state index is 12.5. The van der Waals surface area contributed by atoms with Gasteiger partial charge < -0.3 is 10.2 Å². The summed E-state index contributed by atoms with van der Waals surface area (Å²) in [5.41, 5.74) is 2.34. The fourth-order valence-electron chi connectivity index (χ4n) is 3.37. The fourth-order valence-corrected chi connectivity index (χ4v) is 3.37. The summed E-state index contributed by atoms with van der Waals surface area (Å²) in [4.78, 5) is 27.3. The number of aromatic nitrogens is 5. The zero-order valence-electron chi connectivity index (χ0n) is 15.8. The van der Waals surface area contributed by atoms with Crippen LogP contribution in [0.15, 0.2) is 49.3 Å². The predicted octanol–water partition coefficient (Wildman–Crippen LogP) is 1.90. The van der Waals surface area contributed by atoms with Gasteiger partial charge in [0.05, 0.1) is 0 Å². The number of nitrogens with one attached hydrogen (secondary N) is 1. The Morgan fingerprint density at radius 3 is 2.57 bits per heavy atom. The highest BCUT2D eigenvalue weighted by atomic mass is 16.1. The minimum Gasteiger partial charge on any atom is -0.356 e. The molecule has 3 aromatic rings. The molecule has 1 N–H and O–H groups in total. The van der Waals surface area contributed by atoms with Gasteiger partial charge in [-0.05, 0) is 25.3 Å². The highest BCUT2D eigenvalue weighted by molar-refractivity contribution is 5.79. The molecule has 4 rings (SSSR count). The largest absolute Gasteiger partial charge is 0.356 e. The van der Waals surface area contributed by atoms with Crippen molar-refractivity contribution < 1.29 is 4.79 Å². The van der Waals surface area contributed by atoms with Gasteiger partial charge in [-0.3, -0.25) is 4.79 Å². The van der Waals surface area contributed by atoms with Crippen molar-refractivity contribution in [2.75, 3.05) is 18.0 Å². The Morgan fingerprint density at radius 1 is 1.11 bits per heavy atom. The number of hydrogen-bond acceptors (Lipinski definition) is 6. The Labute approximate surface area is 163 Å². The number of benzene rings is 1. The predicted molar refractivity (Wildman–Crippen MR) is 105 cm³/mol. The van der Waals surface area contributed by atoms with Crippen molar-refractivity contribution in [1.82, 2.24) is 30.0 Å². The van der Waals surface area contributed by atoms with Gasteiger partial charge in [0.15, 0.2) is 5.82 Å². The lowest BCUT2D eigenvalue weighted by Crippen LogP contribution is -2.40. The number of piperidine rings is 1. The van der Waals surface area contributed by atoms with Crippen LogP contribution < -0.4 is 10.2 Å². The maximum Gasteiger partial charge on any atom is 0.223 e. The van der Waals surface area contributed by atoms with Gasteiger partial charge in [-0.25, -0.2) is 19.6 Å². The van der Waals surface area contributed by atoms with E-state index in [0.29, 0.717) is 12.4 Å². The highest BCUT2D eigenvalue weighted by Gasteiger charge is 2.25. The van der Waals surface area contributed by atoms with E-state index in [1.807, 2.05) is 6.07 Å². The van der Waals surface area contributed by atoms with E-state index in [1.165, 1.54) is 18.2 Å². The molecule has 0 atom stereocenters. The molecule has 1 aliphatic rings. The second-order valence-corrected chi connectivity index (χ2v) is 7.04. The average molecular weight is 377 g/mol. The Kier molecular flexibility index (Phi) is 5.27. The molecule has 1 saturated heterocycles. The average Bonchev–Trinajstić information content (AvgIpc) is 3.28. The van der Waals surface area contributed by atoms with Crippen LogP contribution in [0, 0.1) is 12.8 Å². The molecule has 2 aromatic heterocycles. The maximum atomic E-state index is 12.5. The van der Waals surface area contributed by atoms with Gasteiger partial charge in [-0.1, -0.05) is 29.8 Å². The van der Waals surface area contributed by atoms with Crippen molar-refractivity contribution >= 4 is 11.7 Å². The van der Waals surface area contributed by atoms with Crippen molar-refractivity contribution in [3.8, 4) is 5.82 Å². The fraction of sp³-hybridized carbons (Fsp3) is 0.350. The van der Waals surface area contributed by atoms with E-state index in [-0.39, 0.29) is 11.8 Å². The van der Waals surface area contributed by atoms with Crippen molar-refractivity contribution in [3.63, 3.8) is 0 Å². The highest BCUT2D eigenvalue weighted by Crippen LogP contribution is 2.22. The first-order valence-corrected chi connectivity index (χ1v) is 9.44. The van der Waals surface area contributed by atoms with Gasteiger partial charge in [0.25, 0.3) is 0 Å². The standard InChI is InChI=1S/C20H23N7O/c1-15-2-4-16(5-3-15)11-22-20(28)17-6-8-26(9-7-17)18-10-19(24-13-23-18)27-14-21-12-25-27/h2-5,10,12-14,17H,6-9,11H2,1H3,(H,22,28). The number of nitrogens with zero attached hydrogens (tertiary/aromatic N) is 6. The third-order valence-electron chi connectivity index (χ3n) is 5.07. The van der Waals surface area contributed by atoms with Gasteiger partial charge in [0.1, 0.15) is 24.8 Å². The zero-order chi connectivity index (χ0) is 19.3. The van der Waals surface area contributed by atoms with Crippen LogP contribution in [0.25, 0.3) is 5.82 Å². The molecule has 8 nitrogen and oxygen atoms in total. The smallest absolute Gasteiger partial charge is 0.223 e. The zero-order valence-corrected chi connectivity index (χ0v) is 15.8. The van der Waals surface area contributed by atoms with Crippen molar-refractivity contribution in [1.29, 1.82) is 0 Å². The molecule has 1 aliphatic heterocycles.